The summed E-state index contributed by atoms with van der Waals surface area (Å²) in [4.78, 5) is 21.7. The highest BCUT2D eigenvalue weighted by molar-refractivity contribution is 5.80. The molecule has 3 aromatic rings. The molecule has 0 radical (unpaired) electrons. The molecule has 4 heterocycles. The number of likely N-dealkylation sites (tertiary alicyclic amines) is 2. The van der Waals surface area contributed by atoms with Crippen molar-refractivity contribution in [3.8, 4) is 0 Å². The molecule has 2 aromatic heterocycles. The third-order valence-electron chi connectivity index (χ3n) is 7.37. The van der Waals surface area contributed by atoms with Crippen molar-refractivity contribution in [1.29, 1.82) is 0 Å². The quantitative estimate of drug-likeness (QED) is 0.642. The van der Waals surface area contributed by atoms with Crippen molar-refractivity contribution in [2.75, 3.05) is 31.9 Å². The van der Waals surface area contributed by atoms with Gasteiger partial charge >= 0.3 is 0 Å². The lowest BCUT2D eigenvalue weighted by Gasteiger charge is -2.39. The third-order valence-corrected chi connectivity index (χ3v) is 7.37. The summed E-state index contributed by atoms with van der Waals surface area (Å²) in [6, 6.07) is 8.76. The highest BCUT2D eigenvalue weighted by Gasteiger charge is 2.33. The molecule has 2 aliphatic rings. The average molecular weight is 452 g/mol. The first-order valence-corrected chi connectivity index (χ1v) is 11.8. The number of nitrogens with zero attached hydrogens (tertiary/aromatic N) is 4. The van der Waals surface area contributed by atoms with Crippen molar-refractivity contribution < 1.29 is 13.7 Å². The average Bonchev–Trinajstić information content (AvgIpc) is 3.26. The number of carbonyl (C=O) groups excluding carboxylic acids is 1. The van der Waals surface area contributed by atoms with E-state index < -0.39 is 0 Å². The lowest BCUT2D eigenvalue weighted by atomic mass is 9.89. The van der Waals surface area contributed by atoms with E-state index in [1.807, 2.05) is 17.0 Å². The highest BCUT2D eigenvalue weighted by atomic mass is 19.1. The van der Waals surface area contributed by atoms with Crippen LogP contribution in [0.15, 0.2) is 41.1 Å². The van der Waals surface area contributed by atoms with E-state index in [0.717, 1.165) is 68.5 Å². The molecule has 1 unspecified atom stereocenters. The van der Waals surface area contributed by atoms with E-state index in [2.05, 4.69) is 22.0 Å². The van der Waals surface area contributed by atoms with E-state index in [1.165, 1.54) is 12.1 Å². The second-order valence-electron chi connectivity index (χ2n) is 9.31. The predicted octanol–water partition coefficient (Wildman–Crippen LogP) is 4.12. The van der Waals surface area contributed by atoms with Crippen LogP contribution >= 0.6 is 0 Å². The van der Waals surface area contributed by atoms with E-state index in [4.69, 9.17) is 10.3 Å². The van der Waals surface area contributed by atoms with Gasteiger partial charge in [0.1, 0.15) is 11.6 Å². The molecule has 2 saturated heterocycles. The Morgan fingerprint density at radius 3 is 2.61 bits per heavy atom. The van der Waals surface area contributed by atoms with Crippen LogP contribution in [0.4, 0.5) is 10.2 Å². The summed E-state index contributed by atoms with van der Waals surface area (Å²) < 4.78 is 18.8. The zero-order valence-corrected chi connectivity index (χ0v) is 18.9. The van der Waals surface area contributed by atoms with Crippen LogP contribution in [-0.4, -0.2) is 52.0 Å². The SMILES string of the molecule is CC(c1ccnc(N)c1)N1CCC(C(=O)N2CCC(c3noc4cc(F)ccc34)CC2)CC1. The van der Waals surface area contributed by atoms with Crippen LogP contribution in [0.3, 0.4) is 0 Å². The highest BCUT2D eigenvalue weighted by Crippen LogP contribution is 2.34. The largest absolute Gasteiger partial charge is 0.384 e. The third kappa shape index (κ3) is 4.44. The van der Waals surface area contributed by atoms with Crippen LogP contribution < -0.4 is 5.73 Å². The molecule has 0 aliphatic carbocycles. The molecule has 1 aromatic carbocycles. The second kappa shape index (κ2) is 9.09. The van der Waals surface area contributed by atoms with Crippen LogP contribution in [0.2, 0.25) is 0 Å². The first kappa shape index (κ1) is 21.8. The maximum absolute atomic E-state index is 13.4. The molecule has 1 amide bonds. The van der Waals surface area contributed by atoms with Crippen molar-refractivity contribution in [2.45, 2.75) is 44.6 Å². The van der Waals surface area contributed by atoms with Crippen LogP contribution in [-0.2, 0) is 4.79 Å². The van der Waals surface area contributed by atoms with Gasteiger partial charge in [-0.1, -0.05) is 5.16 Å². The Labute approximate surface area is 192 Å². The summed E-state index contributed by atoms with van der Waals surface area (Å²) in [6.45, 7) is 5.44. The van der Waals surface area contributed by atoms with Gasteiger partial charge in [0.05, 0.1) is 5.69 Å². The zero-order chi connectivity index (χ0) is 22.9. The Morgan fingerprint density at radius 2 is 1.88 bits per heavy atom. The number of anilines is 1. The van der Waals surface area contributed by atoms with Gasteiger partial charge in [-0.15, -0.1) is 0 Å². The number of hydrogen-bond acceptors (Lipinski definition) is 6. The number of benzene rings is 1. The molecule has 2 N–H and O–H groups in total. The van der Waals surface area contributed by atoms with E-state index >= 15 is 0 Å². The number of hydrogen-bond donors (Lipinski definition) is 1. The smallest absolute Gasteiger partial charge is 0.225 e. The molecule has 174 valence electrons. The fourth-order valence-electron chi connectivity index (χ4n) is 5.33. The Kier molecular flexibility index (Phi) is 6.01. The number of pyridine rings is 1. The summed E-state index contributed by atoms with van der Waals surface area (Å²) in [7, 11) is 0. The normalized spacial score (nSPS) is 19.8. The van der Waals surface area contributed by atoms with Gasteiger partial charge in [-0.05, 0) is 75.5 Å². The van der Waals surface area contributed by atoms with E-state index in [-0.39, 0.29) is 29.6 Å². The first-order chi connectivity index (χ1) is 16.0. The molecule has 2 aliphatic heterocycles. The number of amides is 1. The monoisotopic (exact) mass is 451 g/mol. The maximum atomic E-state index is 13.4. The van der Waals surface area contributed by atoms with Gasteiger partial charge in [0.25, 0.3) is 0 Å². The Bertz CT molecular complexity index is 1130. The molecule has 0 bridgehead atoms. The Balaban J connectivity index is 1.15. The number of fused-ring (bicyclic) bond motifs is 1. The fraction of sp³-hybridized carbons (Fsp3) is 0.480. The lowest BCUT2D eigenvalue weighted by molar-refractivity contribution is -0.138. The topological polar surface area (TPSA) is 88.5 Å². The van der Waals surface area contributed by atoms with Gasteiger partial charge in [0.2, 0.25) is 5.91 Å². The van der Waals surface area contributed by atoms with Gasteiger partial charge in [-0.3, -0.25) is 9.69 Å². The minimum atomic E-state index is -0.323. The lowest BCUT2D eigenvalue weighted by Crippen LogP contribution is -2.45. The number of halogens is 1. The number of piperidine rings is 2. The minimum Gasteiger partial charge on any atom is -0.384 e. The number of nitrogens with two attached hydrogens (primary N) is 1. The maximum Gasteiger partial charge on any atom is 0.225 e. The summed E-state index contributed by atoms with van der Waals surface area (Å²) in [5, 5.41) is 5.09. The van der Waals surface area contributed by atoms with E-state index in [9.17, 15) is 9.18 Å². The number of rotatable bonds is 4. The van der Waals surface area contributed by atoms with Gasteiger partial charge in [0.15, 0.2) is 5.58 Å². The molecule has 1 atom stereocenters. The van der Waals surface area contributed by atoms with Gasteiger partial charge in [0, 0.05) is 48.6 Å². The number of aromatic nitrogens is 2. The van der Waals surface area contributed by atoms with E-state index in [1.54, 1.807) is 12.3 Å². The van der Waals surface area contributed by atoms with E-state index in [0.29, 0.717) is 11.4 Å². The Hall–Kier alpha value is -3.00. The Morgan fingerprint density at radius 1 is 1.12 bits per heavy atom. The number of carbonyl (C=O) groups is 1. The standard InChI is InChI=1S/C25H30FN5O2/c1-16(19-4-9-28-23(27)14-19)30-10-7-18(8-11-30)25(32)31-12-5-17(6-13-31)24-21-3-2-20(26)15-22(21)33-29-24/h2-4,9,14-18H,5-8,10-13H2,1H3,(H2,27,28). The van der Waals surface area contributed by atoms with Crippen molar-refractivity contribution in [3.05, 3.63) is 53.6 Å². The molecular weight excluding hydrogens is 421 g/mol. The molecule has 7 nitrogen and oxygen atoms in total. The summed E-state index contributed by atoms with van der Waals surface area (Å²) >= 11 is 0. The fourth-order valence-corrected chi connectivity index (χ4v) is 5.33. The second-order valence-corrected chi connectivity index (χ2v) is 9.31. The molecule has 33 heavy (non-hydrogen) atoms. The molecule has 0 spiro atoms. The van der Waals surface area contributed by atoms with Crippen LogP contribution in [0.1, 0.15) is 55.8 Å². The predicted molar refractivity (Wildman–Crippen MR) is 124 cm³/mol. The summed E-state index contributed by atoms with van der Waals surface area (Å²) in [5.74, 6) is 0.815. The molecule has 5 rings (SSSR count). The van der Waals surface area contributed by atoms with Crippen molar-refractivity contribution in [1.82, 2.24) is 19.9 Å². The van der Waals surface area contributed by atoms with Crippen LogP contribution in [0.25, 0.3) is 11.0 Å². The van der Waals surface area contributed by atoms with Crippen molar-refractivity contribution >= 4 is 22.7 Å². The number of nitrogen functional groups attached to an aromatic ring is 1. The molecule has 2 fully saturated rings. The van der Waals surface area contributed by atoms with Gasteiger partial charge in [-0.25, -0.2) is 9.37 Å². The minimum absolute atomic E-state index is 0.0864. The molecule has 8 heteroatoms. The molecule has 0 saturated carbocycles. The van der Waals surface area contributed by atoms with Crippen molar-refractivity contribution in [3.63, 3.8) is 0 Å². The first-order valence-electron chi connectivity index (χ1n) is 11.8. The summed E-state index contributed by atoms with van der Waals surface area (Å²) in [6.07, 6.45) is 5.21. The molecular formula is C25H30FN5O2. The van der Waals surface area contributed by atoms with Crippen LogP contribution in [0, 0.1) is 11.7 Å². The van der Waals surface area contributed by atoms with Gasteiger partial charge in [-0.2, -0.15) is 0 Å². The van der Waals surface area contributed by atoms with Gasteiger partial charge < -0.3 is 15.2 Å². The van der Waals surface area contributed by atoms with Crippen molar-refractivity contribution in [2.24, 2.45) is 5.92 Å². The zero-order valence-electron chi connectivity index (χ0n) is 18.9. The van der Waals surface area contributed by atoms with Crippen LogP contribution in [0.5, 0.6) is 0 Å². The summed E-state index contributed by atoms with van der Waals surface area (Å²) in [5.41, 5.74) is 8.38.